The van der Waals surface area contributed by atoms with Crippen LogP contribution in [0.4, 0.5) is 11.5 Å². The Morgan fingerprint density at radius 1 is 1.60 bits per heavy atom. The molecule has 0 radical (unpaired) electrons. The second kappa shape index (κ2) is 5.26. The van der Waals surface area contributed by atoms with Crippen LogP contribution in [-0.4, -0.2) is 18.1 Å². The number of pyridine rings is 1. The fourth-order valence-corrected chi connectivity index (χ4v) is 1.56. The Bertz CT molecular complexity index is 366. The summed E-state index contributed by atoms with van der Waals surface area (Å²) in [7, 11) is 0. The summed E-state index contributed by atoms with van der Waals surface area (Å²) in [6, 6.07) is 1.92. The number of aromatic nitrogens is 1. The Morgan fingerprint density at radius 2 is 2.33 bits per heavy atom. The van der Waals surface area contributed by atoms with Crippen molar-refractivity contribution in [3.05, 3.63) is 17.8 Å². The SMILES string of the molecule is C#CCN(CCC)c1ncc(N)cc1C. The predicted molar refractivity (Wildman–Crippen MR) is 64.7 cm³/mol. The van der Waals surface area contributed by atoms with E-state index < -0.39 is 0 Å². The zero-order chi connectivity index (χ0) is 11.3. The maximum atomic E-state index is 5.65. The van der Waals surface area contributed by atoms with E-state index in [4.69, 9.17) is 12.2 Å². The van der Waals surface area contributed by atoms with Crippen molar-refractivity contribution in [2.45, 2.75) is 20.3 Å². The first-order valence-electron chi connectivity index (χ1n) is 5.09. The molecule has 1 rings (SSSR count). The van der Waals surface area contributed by atoms with Crippen LogP contribution in [0.3, 0.4) is 0 Å². The highest BCUT2D eigenvalue weighted by atomic mass is 15.2. The van der Waals surface area contributed by atoms with E-state index in [2.05, 4.69) is 22.7 Å². The van der Waals surface area contributed by atoms with Crippen molar-refractivity contribution in [2.75, 3.05) is 23.7 Å². The molecule has 0 aliphatic rings. The predicted octanol–water partition coefficient (Wildman–Crippen LogP) is 1.82. The van der Waals surface area contributed by atoms with Crippen molar-refractivity contribution in [1.82, 2.24) is 4.98 Å². The number of nitrogen functional groups attached to an aromatic ring is 1. The van der Waals surface area contributed by atoms with Gasteiger partial charge in [-0.25, -0.2) is 4.98 Å². The van der Waals surface area contributed by atoms with Crippen molar-refractivity contribution >= 4 is 11.5 Å². The number of rotatable bonds is 4. The van der Waals surface area contributed by atoms with E-state index in [1.807, 2.05) is 13.0 Å². The fraction of sp³-hybridized carbons (Fsp3) is 0.417. The summed E-state index contributed by atoms with van der Waals surface area (Å²) in [5.74, 6) is 3.58. The number of nitrogens with two attached hydrogens (primary N) is 1. The van der Waals surface area contributed by atoms with Crippen LogP contribution in [0.15, 0.2) is 12.3 Å². The van der Waals surface area contributed by atoms with Gasteiger partial charge in [0.25, 0.3) is 0 Å². The van der Waals surface area contributed by atoms with E-state index in [9.17, 15) is 0 Å². The van der Waals surface area contributed by atoms with Crippen molar-refractivity contribution < 1.29 is 0 Å². The topological polar surface area (TPSA) is 42.2 Å². The lowest BCUT2D eigenvalue weighted by Crippen LogP contribution is -2.26. The fourth-order valence-electron chi connectivity index (χ4n) is 1.56. The Kier molecular flexibility index (Phi) is 3.99. The van der Waals surface area contributed by atoms with E-state index in [0.717, 1.165) is 24.3 Å². The first kappa shape index (κ1) is 11.4. The zero-order valence-corrected chi connectivity index (χ0v) is 9.33. The van der Waals surface area contributed by atoms with Crippen LogP contribution in [-0.2, 0) is 0 Å². The van der Waals surface area contributed by atoms with Crippen LogP contribution in [0.5, 0.6) is 0 Å². The normalized spacial score (nSPS) is 9.67. The molecule has 0 aliphatic carbocycles. The molecular weight excluding hydrogens is 186 g/mol. The molecule has 2 N–H and O–H groups in total. The number of anilines is 2. The third-order valence-electron chi connectivity index (χ3n) is 2.15. The number of aryl methyl sites for hydroxylation is 1. The number of nitrogens with zero attached hydrogens (tertiary/aromatic N) is 2. The van der Waals surface area contributed by atoms with Gasteiger partial charge in [0.15, 0.2) is 0 Å². The van der Waals surface area contributed by atoms with Crippen LogP contribution in [0.1, 0.15) is 18.9 Å². The molecule has 3 nitrogen and oxygen atoms in total. The van der Waals surface area contributed by atoms with E-state index in [-0.39, 0.29) is 0 Å². The Balaban J connectivity index is 2.95. The van der Waals surface area contributed by atoms with Gasteiger partial charge in [-0.1, -0.05) is 12.8 Å². The van der Waals surface area contributed by atoms with Gasteiger partial charge in [0.1, 0.15) is 5.82 Å². The van der Waals surface area contributed by atoms with Crippen LogP contribution in [0.25, 0.3) is 0 Å². The lowest BCUT2D eigenvalue weighted by molar-refractivity contribution is 0.805. The van der Waals surface area contributed by atoms with Gasteiger partial charge < -0.3 is 10.6 Å². The molecule has 0 fully saturated rings. The molecule has 1 aromatic rings. The lowest BCUT2D eigenvalue weighted by Gasteiger charge is -2.22. The van der Waals surface area contributed by atoms with Crippen LogP contribution in [0.2, 0.25) is 0 Å². The van der Waals surface area contributed by atoms with E-state index in [1.165, 1.54) is 0 Å². The summed E-state index contributed by atoms with van der Waals surface area (Å²) < 4.78 is 0. The van der Waals surface area contributed by atoms with Crippen molar-refractivity contribution in [3.8, 4) is 12.3 Å². The van der Waals surface area contributed by atoms with E-state index in [0.29, 0.717) is 12.2 Å². The highest BCUT2D eigenvalue weighted by Gasteiger charge is 2.08. The van der Waals surface area contributed by atoms with Crippen LogP contribution < -0.4 is 10.6 Å². The molecule has 1 aromatic heterocycles. The number of hydrogen-bond acceptors (Lipinski definition) is 3. The molecule has 0 saturated carbocycles. The Morgan fingerprint density at radius 3 is 2.87 bits per heavy atom. The smallest absolute Gasteiger partial charge is 0.132 e. The molecule has 15 heavy (non-hydrogen) atoms. The van der Waals surface area contributed by atoms with Gasteiger partial charge in [0.05, 0.1) is 18.4 Å². The molecule has 3 heteroatoms. The highest BCUT2D eigenvalue weighted by Crippen LogP contribution is 2.18. The molecule has 0 spiro atoms. The largest absolute Gasteiger partial charge is 0.397 e. The summed E-state index contributed by atoms with van der Waals surface area (Å²) in [4.78, 5) is 6.41. The zero-order valence-electron chi connectivity index (χ0n) is 9.33. The van der Waals surface area contributed by atoms with Gasteiger partial charge in [-0.3, -0.25) is 0 Å². The van der Waals surface area contributed by atoms with Gasteiger partial charge in [-0.2, -0.15) is 0 Å². The summed E-state index contributed by atoms with van der Waals surface area (Å²) >= 11 is 0. The van der Waals surface area contributed by atoms with Gasteiger partial charge in [0.2, 0.25) is 0 Å². The molecule has 0 bridgehead atoms. The average Bonchev–Trinajstić information content (AvgIpc) is 2.17. The second-order valence-electron chi connectivity index (χ2n) is 3.53. The highest BCUT2D eigenvalue weighted by molar-refractivity contribution is 5.53. The minimum Gasteiger partial charge on any atom is -0.397 e. The average molecular weight is 203 g/mol. The van der Waals surface area contributed by atoms with Crippen molar-refractivity contribution in [1.29, 1.82) is 0 Å². The number of hydrogen-bond donors (Lipinski definition) is 1. The molecule has 0 amide bonds. The standard InChI is InChI=1S/C12H17N3/c1-4-6-15(7-5-2)12-10(3)8-11(13)9-14-12/h1,8-9H,5-7,13H2,2-3H3. The molecule has 1 heterocycles. The van der Waals surface area contributed by atoms with Gasteiger partial charge in [0, 0.05) is 6.54 Å². The van der Waals surface area contributed by atoms with Crippen molar-refractivity contribution in [2.24, 2.45) is 0 Å². The Labute approximate surface area is 91.3 Å². The van der Waals surface area contributed by atoms with Gasteiger partial charge in [-0.15, -0.1) is 6.42 Å². The molecule has 0 aromatic carbocycles. The number of terminal acetylenes is 1. The summed E-state index contributed by atoms with van der Waals surface area (Å²) in [6.45, 7) is 5.63. The molecule has 80 valence electrons. The minimum absolute atomic E-state index is 0.589. The van der Waals surface area contributed by atoms with Crippen LogP contribution in [0, 0.1) is 19.3 Å². The quantitative estimate of drug-likeness (QED) is 0.759. The van der Waals surface area contributed by atoms with Crippen molar-refractivity contribution in [3.63, 3.8) is 0 Å². The van der Waals surface area contributed by atoms with Crippen LogP contribution >= 0.6 is 0 Å². The third kappa shape index (κ3) is 2.88. The van der Waals surface area contributed by atoms with Gasteiger partial charge >= 0.3 is 0 Å². The minimum atomic E-state index is 0.589. The maximum Gasteiger partial charge on any atom is 0.132 e. The Hall–Kier alpha value is -1.69. The van der Waals surface area contributed by atoms with Gasteiger partial charge in [-0.05, 0) is 25.0 Å². The van der Waals surface area contributed by atoms with E-state index in [1.54, 1.807) is 6.20 Å². The molecule has 0 saturated heterocycles. The first-order chi connectivity index (χ1) is 7.19. The lowest BCUT2D eigenvalue weighted by atomic mass is 10.2. The molecule has 0 atom stereocenters. The third-order valence-corrected chi connectivity index (χ3v) is 2.15. The molecule has 0 unspecified atom stereocenters. The maximum absolute atomic E-state index is 5.65. The second-order valence-corrected chi connectivity index (χ2v) is 3.53. The summed E-state index contributed by atoms with van der Waals surface area (Å²) in [5.41, 5.74) is 7.41. The monoisotopic (exact) mass is 203 g/mol. The van der Waals surface area contributed by atoms with E-state index >= 15 is 0 Å². The first-order valence-corrected chi connectivity index (χ1v) is 5.09. The molecule has 0 aliphatic heterocycles. The summed E-state index contributed by atoms with van der Waals surface area (Å²) in [6.07, 6.45) is 8.05. The molecular formula is C12H17N3. The summed E-state index contributed by atoms with van der Waals surface area (Å²) in [5, 5.41) is 0.